The SMILES string of the molecule is Cl.O=C1NC(=O)C(Cc2ccc(OCC(=O)c3ccccc3F)cc2)S1. The van der Waals surface area contributed by atoms with Gasteiger partial charge in [-0.1, -0.05) is 36.0 Å². The second-order valence-corrected chi connectivity index (χ2v) is 6.60. The number of hydrogen-bond acceptors (Lipinski definition) is 5. The summed E-state index contributed by atoms with van der Waals surface area (Å²) in [5, 5.41) is 1.48. The predicted molar refractivity (Wildman–Crippen MR) is 98.5 cm³/mol. The molecule has 1 heterocycles. The van der Waals surface area contributed by atoms with Gasteiger partial charge in [0, 0.05) is 0 Å². The van der Waals surface area contributed by atoms with E-state index in [2.05, 4.69) is 5.32 Å². The molecule has 1 fully saturated rings. The van der Waals surface area contributed by atoms with E-state index in [4.69, 9.17) is 4.74 Å². The standard InChI is InChI=1S/C18H14FNO4S.ClH/c19-14-4-2-1-3-13(14)15(21)10-24-12-7-5-11(6-8-12)9-16-17(22)20-18(23)25-16;/h1-8,16H,9-10H2,(H,20,22,23);1H. The molecule has 0 bridgehead atoms. The van der Waals surface area contributed by atoms with Crippen LogP contribution in [0.1, 0.15) is 15.9 Å². The maximum Gasteiger partial charge on any atom is 0.286 e. The van der Waals surface area contributed by atoms with Gasteiger partial charge in [-0.2, -0.15) is 0 Å². The third-order valence-corrected chi connectivity index (χ3v) is 4.64. The number of hydrogen-bond donors (Lipinski definition) is 1. The van der Waals surface area contributed by atoms with Crippen molar-refractivity contribution in [1.29, 1.82) is 0 Å². The van der Waals surface area contributed by atoms with Gasteiger partial charge in [0.25, 0.3) is 5.24 Å². The van der Waals surface area contributed by atoms with Gasteiger partial charge in [0.1, 0.15) is 11.6 Å². The minimum absolute atomic E-state index is 0. The molecular weight excluding hydrogens is 381 g/mol. The number of nitrogens with one attached hydrogen (secondary N) is 1. The van der Waals surface area contributed by atoms with Crippen molar-refractivity contribution in [3.05, 3.63) is 65.5 Å². The Morgan fingerprint density at radius 1 is 1.12 bits per heavy atom. The van der Waals surface area contributed by atoms with Gasteiger partial charge in [-0.15, -0.1) is 12.4 Å². The van der Waals surface area contributed by atoms with E-state index < -0.39 is 16.9 Å². The highest BCUT2D eigenvalue weighted by atomic mass is 35.5. The van der Waals surface area contributed by atoms with Crippen molar-refractivity contribution in [3.8, 4) is 5.75 Å². The number of halogens is 2. The minimum Gasteiger partial charge on any atom is -0.485 e. The number of carbonyl (C=O) groups excluding carboxylic acids is 3. The lowest BCUT2D eigenvalue weighted by Gasteiger charge is -2.08. The van der Waals surface area contributed by atoms with Crippen LogP contribution in [0, 0.1) is 5.82 Å². The molecule has 0 radical (unpaired) electrons. The van der Waals surface area contributed by atoms with E-state index in [0.717, 1.165) is 17.3 Å². The van der Waals surface area contributed by atoms with Crippen molar-refractivity contribution >= 4 is 41.1 Å². The summed E-state index contributed by atoms with van der Waals surface area (Å²) < 4.78 is 18.9. The van der Waals surface area contributed by atoms with Crippen molar-refractivity contribution in [2.45, 2.75) is 11.7 Å². The average Bonchev–Trinajstić information content (AvgIpc) is 2.91. The van der Waals surface area contributed by atoms with Crippen LogP contribution in [0.3, 0.4) is 0 Å². The van der Waals surface area contributed by atoms with Crippen LogP contribution in [0.4, 0.5) is 9.18 Å². The first-order chi connectivity index (χ1) is 12.0. The van der Waals surface area contributed by atoms with Gasteiger partial charge in [0.05, 0.1) is 10.8 Å². The largest absolute Gasteiger partial charge is 0.485 e. The molecule has 2 amide bonds. The molecule has 1 saturated heterocycles. The van der Waals surface area contributed by atoms with Gasteiger partial charge in [-0.25, -0.2) is 4.39 Å². The van der Waals surface area contributed by atoms with Crippen LogP contribution in [-0.4, -0.2) is 28.8 Å². The molecule has 3 rings (SSSR count). The molecule has 1 unspecified atom stereocenters. The minimum atomic E-state index is -0.576. The first-order valence-corrected chi connectivity index (χ1v) is 8.42. The third-order valence-electron chi connectivity index (χ3n) is 3.66. The highest BCUT2D eigenvalue weighted by Gasteiger charge is 2.31. The molecule has 8 heteroatoms. The number of imide groups is 1. The summed E-state index contributed by atoms with van der Waals surface area (Å²) >= 11 is 0.975. The van der Waals surface area contributed by atoms with Crippen LogP contribution >= 0.6 is 24.2 Å². The van der Waals surface area contributed by atoms with E-state index in [9.17, 15) is 18.8 Å². The number of amides is 2. The van der Waals surface area contributed by atoms with Gasteiger partial charge in [0.15, 0.2) is 6.61 Å². The highest BCUT2D eigenvalue weighted by Crippen LogP contribution is 2.24. The lowest BCUT2D eigenvalue weighted by Crippen LogP contribution is -2.25. The summed E-state index contributed by atoms with van der Waals surface area (Å²) in [6.45, 7) is -0.268. The lowest BCUT2D eigenvalue weighted by molar-refractivity contribution is -0.118. The Bertz CT molecular complexity index is 828. The molecule has 0 saturated carbocycles. The summed E-state index contributed by atoms with van der Waals surface area (Å²) in [5.74, 6) is -0.841. The highest BCUT2D eigenvalue weighted by molar-refractivity contribution is 8.15. The Morgan fingerprint density at radius 2 is 1.81 bits per heavy atom. The molecule has 136 valence electrons. The fraction of sp³-hybridized carbons (Fsp3) is 0.167. The summed E-state index contributed by atoms with van der Waals surface area (Å²) in [5.41, 5.74) is 0.864. The smallest absolute Gasteiger partial charge is 0.286 e. The summed E-state index contributed by atoms with van der Waals surface area (Å²) in [4.78, 5) is 34.7. The van der Waals surface area contributed by atoms with Crippen LogP contribution in [0.25, 0.3) is 0 Å². The van der Waals surface area contributed by atoms with Crippen molar-refractivity contribution in [2.75, 3.05) is 6.61 Å². The first kappa shape index (κ1) is 19.9. The normalized spacial score (nSPS) is 16.0. The predicted octanol–water partition coefficient (Wildman–Crippen LogP) is 3.40. The number of ketones is 1. The molecule has 2 aromatic carbocycles. The Kier molecular flexibility index (Phi) is 6.76. The molecule has 0 aliphatic carbocycles. The second-order valence-electron chi connectivity index (χ2n) is 5.42. The van der Waals surface area contributed by atoms with Crippen LogP contribution < -0.4 is 10.1 Å². The molecule has 0 aromatic heterocycles. The maximum absolute atomic E-state index is 13.5. The number of ether oxygens (including phenoxy) is 1. The van der Waals surface area contributed by atoms with Gasteiger partial charge in [-0.05, 0) is 36.2 Å². The van der Waals surface area contributed by atoms with Crippen molar-refractivity contribution in [3.63, 3.8) is 0 Å². The molecule has 1 atom stereocenters. The molecule has 1 aliphatic rings. The zero-order valence-electron chi connectivity index (χ0n) is 13.4. The van der Waals surface area contributed by atoms with Gasteiger partial charge >= 0.3 is 0 Å². The molecule has 1 aliphatic heterocycles. The van der Waals surface area contributed by atoms with E-state index in [1.807, 2.05) is 0 Å². The molecule has 0 spiro atoms. The van der Waals surface area contributed by atoms with Crippen LogP contribution in [0.5, 0.6) is 5.75 Å². The quantitative estimate of drug-likeness (QED) is 0.759. The second kappa shape index (κ2) is 8.82. The van der Waals surface area contributed by atoms with E-state index in [1.165, 1.54) is 18.2 Å². The maximum atomic E-state index is 13.5. The third kappa shape index (κ3) is 4.83. The Balaban J connectivity index is 0.00000243. The molecule has 1 N–H and O–H groups in total. The Hall–Kier alpha value is -2.38. The first-order valence-electron chi connectivity index (χ1n) is 7.54. The van der Waals surface area contributed by atoms with Crippen LogP contribution in [-0.2, 0) is 11.2 Å². The molecule has 2 aromatic rings. The fourth-order valence-corrected chi connectivity index (χ4v) is 3.24. The van der Waals surface area contributed by atoms with Crippen molar-refractivity contribution < 1.29 is 23.5 Å². The monoisotopic (exact) mass is 395 g/mol. The fourth-order valence-electron chi connectivity index (χ4n) is 2.38. The molecular formula is C18H15ClFNO4S. The lowest BCUT2D eigenvalue weighted by atomic mass is 10.1. The van der Waals surface area contributed by atoms with Crippen molar-refractivity contribution in [2.24, 2.45) is 0 Å². The summed E-state index contributed by atoms with van der Waals surface area (Å²) in [6, 6.07) is 12.6. The van der Waals surface area contributed by atoms with Crippen LogP contribution in [0.15, 0.2) is 48.5 Å². The van der Waals surface area contributed by atoms with E-state index >= 15 is 0 Å². The number of carbonyl (C=O) groups is 3. The van der Waals surface area contributed by atoms with E-state index in [0.29, 0.717) is 12.2 Å². The zero-order chi connectivity index (χ0) is 17.8. The van der Waals surface area contributed by atoms with E-state index in [1.54, 1.807) is 30.3 Å². The number of rotatable bonds is 6. The van der Waals surface area contributed by atoms with Gasteiger partial charge in [0.2, 0.25) is 11.7 Å². The molecule has 5 nitrogen and oxygen atoms in total. The average molecular weight is 396 g/mol. The summed E-state index contributed by atoms with van der Waals surface area (Å²) in [7, 11) is 0. The Morgan fingerprint density at radius 3 is 2.42 bits per heavy atom. The zero-order valence-corrected chi connectivity index (χ0v) is 15.1. The topological polar surface area (TPSA) is 72.5 Å². The number of thioether (sulfide) groups is 1. The summed E-state index contributed by atoms with van der Waals surface area (Å²) in [6.07, 6.45) is 0.427. The number of benzene rings is 2. The Labute approximate surface area is 159 Å². The van der Waals surface area contributed by atoms with Crippen LogP contribution in [0.2, 0.25) is 0 Å². The van der Waals surface area contributed by atoms with E-state index in [-0.39, 0.29) is 35.7 Å². The van der Waals surface area contributed by atoms with Gasteiger partial charge < -0.3 is 4.74 Å². The van der Waals surface area contributed by atoms with Crippen molar-refractivity contribution in [1.82, 2.24) is 5.32 Å². The number of Topliss-reactive ketones (excluding diaryl/α,β-unsaturated/α-hetero) is 1. The van der Waals surface area contributed by atoms with Gasteiger partial charge in [-0.3, -0.25) is 19.7 Å². The molecule has 26 heavy (non-hydrogen) atoms.